The second-order valence-electron chi connectivity index (χ2n) is 14.7. The van der Waals surface area contributed by atoms with Crippen molar-refractivity contribution in [3.8, 4) is 0 Å². The molecule has 250 valence electrons. The van der Waals surface area contributed by atoms with Gasteiger partial charge in [-0.2, -0.15) is 0 Å². The van der Waals surface area contributed by atoms with E-state index in [9.17, 15) is 19.2 Å². The standard InChI is InChI=1S/C34H57N3O7/c1-20(5-6-21(2)38)24-7-8-25-32-26(19-28(34(24,25)4)44-31(41)12-16-37)33(3)13-9-23(42-29(39)10-14-35)17-22(33)18-27(32)43-30(40)11-15-36/h20,22-28,32H,5-19,35-37H2,1-4H3/t20-,22+,23-,24-,25+,26+,27-,28+,32+,33+,34-/m1/s1. The summed E-state index contributed by atoms with van der Waals surface area (Å²) < 4.78 is 18.5. The fraction of sp³-hybridized carbons (Fsp3) is 0.882. The molecule has 4 aliphatic rings. The van der Waals surface area contributed by atoms with Crippen molar-refractivity contribution in [2.75, 3.05) is 19.6 Å². The van der Waals surface area contributed by atoms with Gasteiger partial charge in [0.15, 0.2) is 0 Å². The molecule has 10 heteroatoms. The van der Waals surface area contributed by atoms with Gasteiger partial charge in [0.05, 0.1) is 19.3 Å². The molecule has 6 N–H and O–H groups in total. The number of hydrogen-bond acceptors (Lipinski definition) is 10. The maximum absolute atomic E-state index is 13.1. The largest absolute Gasteiger partial charge is 0.462 e. The van der Waals surface area contributed by atoms with Crippen LogP contribution in [0.3, 0.4) is 0 Å². The lowest BCUT2D eigenvalue weighted by Gasteiger charge is -2.64. The molecule has 0 radical (unpaired) electrons. The van der Waals surface area contributed by atoms with Crippen LogP contribution in [0, 0.1) is 46.3 Å². The van der Waals surface area contributed by atoms with Crippen LogP contribution in [-0.2, 0) is 33.4 Å². The normalized spacial score (nSPS) is 38.4. The molecular formula is C34H57N3O7. The minimum atomic E-state index is -0.321. The Bertz CT molecular complexity index is 1050. The molecule has 4 fully saturated rings. The second-order valence-corrected chi connectivity index (χ2v) is 14.7. The zero-order valence-corrected chi connectivity index (χ0v) is 27.4. The molecule has 0 aliphatic heterocycles. The molecule has 4 aliphatic carbocycles. The Balaban J connectivity index is 1.71. The van der Waals surface area contributed by atoms with Crippen molar-refractivity contribution in [3.05, 3.63) is 0 Å². The first-order chi connectivity index (χ1) is 20.9. The summed E-state index contributed by atoms with van der Waals surface area (Å²) in [6, 6.07) is 0. The van der Waals surface area contributed by atoms with Crippen molar-refractivity contribution < 1.29 is 33.4 Å². The number of fused-ring (bicyclic) bond motifs is 5. The third-order valence-corrected chi connectivity index (χ3v) is 12.3. The van der Waals surface area contributed by atoms with Gasteiger partial charge in [0, 0.05) is 37.4 Å². The van der Waals surface area contributed by atoms with E-state index >= 15 is 0 Å². The highest BCUT2D eigenvalue weighted by Crippen LogP contribution is 2.69. The molecule has 0 aromatic heterocycles. The van der Waals surface area contributed by atoms with Crippen molar-refractivity contribution in [1.82, 2.24) is 0 Å². The van der Waals surface area contributed by atoms with Crippen molar-refractivity contribution in [2.45, 2.75) is 123 Å². The van der Waals surface area contributed by atoms with Gasteiger partial charge in [-0.25, -0.2) is 0 Å². The summed E-state index contributed by atoms with van der Waals surface area (Å²) in [5.41, 5.74) is 16.7. The molecular weight excluding hydrogens is 562 g/mol. The lowest BCUT2D eigenvalue weighted by atomic mass is 9.43. The van der Waals surface area contributed by atoms with E-state index in [2.05, 4.69) is 20.8 Å². The molecule has 11 atom stereocenters. The number of esters is 3. The first kappa shape index (κ1) is 34.8. The predicted octanol–water partition coefficient (Wildman–Crippen LogP) is 3.65. The summed E-state index contributed by atoms with van der Waals surface area (Å²) in [4.78, 5) is 50.3. The number of rotatable bonds is 13. The molecule has 4 saturated carbocycles. The Hall–Kier alpha value is -2.04. The molecule has 0 aromatic carbocycles. The van der Waals surface area contributed by atoms with Crippen molar-refractivity contribution in [2.24, 2.45) is 63.5 Å². The fourth-order valence-electron chi connectivity index (χ4n) is 10.1. The van der Waals surface area contributed by atoms with Crippen LogP contribution in [0.1, 0.15) is 105 Å². The highest BCUT2D eigenvalue weighted by molar-refractivity contribution is 5.75. The first-order valence-electron chi connectivity index (χ1n) is 17.1. The zero-order chi connectivity index (χ0) is 32.2. The minimum Gasteiger partial charge on any atom is -0.462 e. The Morgan fingerprint density at radius 1 is 0.773 bits per heavy atom. The molecule has 0 bridgehead atoms. The average molecular weight is 620 g/mol. The topological polar surface area (TPSA) is 174 Å². The highest BCUT2D eigenvalue weighted by atomic mass is 16.6. The maximum Gasteiger partial charge on any atom is 0.307 e. The van der Waals surface area contributed by atoms with E-state index in [4.69, 9.17) is 31.4 Å². The molecule has 10 nitrogen and oxygen atoms in total. The molecule has 0 saturated heterocycles. The molecule has 0 spiro atoms. The average Bonchev–Trinajstić information content (AvgIpc) is 3.31. The highest BCUT2D eigenvalue weighted by Gasteiger charge is 2.67. The Morgan fingerprint density at radius 3 is 2.00 bits per heavy atom. The van der Waals surface area contributed by atoms with Gasteiger partial charge in [0.25, 0.3) is 0 Å². The van der Waals surface area contributed by atoms with Gasteiger partial charge in [-0.05, 0) is 93.3 Å². The Morgan fingerprint density at radius 2 is 1.39 bits per heavy atom. The van der Waals surface area contributed by atoms with Crippen LogP contribution < -0.4 is 17.2 Å². The van der Waals surface area contributed by atoms with Crippen LogP contribution in [0.15, 0.2) is 0 Å². The van der Waals surface area contributed by atoms with Gasteiger partial charge in [0.1, 0.15) is 24.1 Å². The van der Waals surface area contributed by atoms with E-state index in [1.54, 1.807) is 6.92 Å². The second kappa shape index (κ2) is 14.6. The minimum absolute atomic E-state index is 0.0869. The van der Waals surface area contributed by atoms with Crippen molar-refractivity contribution in [3.63, 3.8) is 0 Å². The number of ether oxygens (including phenoxy) is 3. The molecule has 0 heterocycles. The van der Waals surface area contributed by atoms with Crippen molar-refractivity contribution in [1.29, 1.82) is 0 Å². The molecule has 4 rings (SSSR count). The van der Waals surface area contributed by atoms with Crippen LogP contribution in [0.5, 0.6) is 0 Å². The quantitative estimate of drug-likeness (QED) is 0.204. The van der Waals surface area contributed by atoms with Gasteiger partial charge < -0.3 is 36.2 Å². The molecule has 0 unspecified atom stereocenters. The van der Waals surface area contributed by atoms with Gasteiger partial charge in [-0.15, -0.1) is 0 Å². The lowest BCUT2D eigenvalue weighted by Crippen LogP contribution is -2.63. The first-order valence-corrected chi connectivity index (χ1v) is 17.1. The van der Waals surface area contributed by atoms with E-state index < -0.39 is 0 Å². The van der Waals surface area contributed by atoms with E-state index in [1.807, 2.05) is 0 Å². The van der Waals surface area contributed by atoms with E-state index in [1.165, 1.54) is 0 Å². The van der Waals surface area contributed by atoms with Crippen LogP contribution >= 0.6 is 0 Å². The number of hydrogen-bond donors (Lipinski definition) is 3. The summed E-state index contributed by atoms with van der Waals surface area (Å²) in [6.07, 6.45) is 6.84. The molecule has 0 aromatic rings. The van der Waals surface area contributed by atoms with E-state index in [0.717, 1.165) is 32.1 Å². The summed E-state index contributed by atoms with van der Waals surface area (Å²) >= 11 is 0. The number of ketones is 1. The lowest BCUT2D eigenvalue weighted by molar-refractivity contribution is -0.225. The monoisotopic (exact) mass is 619 g/mol. The fourth-order valence-corrected chi connectivity index (χ4v) is 10.1. The van der Waals surface area contributed by atoms with Gasteiger partial charge >= 0.3 is 17.9 Å². The number of carbonyl (C=O) groups is 4. The third-order valence-electron chi connectivity index (χ3n) is 12.3. The van der Waals surface area contributed by atoms with Gasteiger partial charge in [-0.3, -0.25) is 14.4 Å². The number of nitrogens with two attached hydrogens (primary N) is 3. The Labute approximate surface area is 263 Å². The predicted molar refractivity (Wildman–Crippen MR) is 166 cm³/mol. The van der Waals surface area contributed by atoms with E-state index in [0.29, 0.717) is 25.7 Å². The number of carbonyl (C=O) groups excluding carboxylic acids is 4. The zero-order valence-electron chi connectivity index (χ0n) is 27.4. The Kier molecular flexibility index (Phi) is 11.5. The van der Waals surface area contributed by atoms with Crippen LogP contribution in [0.25, 0.3) is 0 Å². The van der Waals surface area contributed by atoms with Crippen LogP contribution in [-0.4, -0.2) is 61.6 Å². The smallest absolute Gasteiger partial charge is 0.307 e. The van der Waals surface area contributed by atoms with Gasteiger partial charge in [-0.1, -0.05) is 20.8 Å². The van der Waals surface area contributed by atoms with Crippen LogP contribution in [0.2, 0.25) is 0 Å². The van der Waals surface area contributed by atoms with Crippen LogP contribution in [0.4, 0.5) is 0 Å². The summed E-state index contributed by atoms with van der Waals surface area (Å²) in [5.74, 6) is 0.589. The summed E-state index contributed by atoms with van der Waals surface area (Å²) in [5, 5.41) is 0. The number of Topliss-reactive ketones (excluding diaryl/α,β-unsaturated/α-hetero) is 1. The SMILES string of the molecule is CC(=O)CC[C@@H](C)[C@H]1CC[C@H]2[C@@H]3[C@H](OC(=O)CCN)C[C@@H]4C[C@H](OC(=O)CCN)CC[C@]4(C)[C@H]3C[C@H](OC(=O)CCN)[C@]12C. The van der Waals surface area contributed by atoms with Crippen molar-refractivity contribution >= 4 is 23.7 Å². The van der Waals surface area contributed by atoms with Gasteiger partial charge in [0.2, 0.25) is 0 Å². The summed E-state index contributed by atoms with van der Waals surface area (Å²) in [7, 11) is 0. The molecule has 44 heavy (non-hydrogen) atoms. The third kappa shape index (κ3) is 7.02. The summed E-state index contributed by atoms with van der Waals surface area (Å²) in [6.45, 7) is 9.24. The molecule has 0 amide bonds. The van der Waals surface area contributed by atoms with E-state index in [-0.39, 0.29) is 127 Å². The maximum atomic E-state index is 13.1.